The summed E-state index contributed by atoms with van der Waals surface area (Å²) in [5.74, 6) is -0.833. The van der Waals surface area contributed by atoms with E-state index in [1.54, 1.807) is 0 Å². The number of aliphatic carboxylic acids is 1. The van der Waals surface area contributed by atoms with Gasteiger partial charge in [-0.25, -0.2) is 0 Å². The van der Waals surface area contributed by atoms with Crippen molar-refractivity contribution in [1.29, 1.82) is 0 Å². The van der Waals surface area contributed by atoms with Crippen molar-refractivity contribution in [2.45, 2.75) is 6.92 Å². The van der Waals surface area contributed by atoms with Crippen LogP contribution in [-0.4, -0.2) is 56.6 Å². The first-order valence-corrected chi connectivity index (χ1v) is 0.928. The summed E-state index contributed by atoms with van der Waals surface area (Å²) >= 11 is 0. The van der Waals surface area contributed by atoms with E-state index in [-0.39, 0.29) is 70.3 Å². The molecular weight excluding hydrogens is 215 g/mol. The summed E-state index contributed by atoms with van der Waals surface area (Å²) in [5.41, 5.74) is 0. The molecule has 0 radical (unpaired) electrons. The standard InChI is InChI=1S/C2H4O2.2ClH.Sr/c1-2(3)4;;;/h1H3,(H,3,4);2*1H;/q;;;+2/p-2. The predicted molar refractivity (Wildman–Crippen MR) is 19.1 cm³/mol. The summed E-state index contributed by atoms with van der Waals surface area (Å²) in [7, 11) is 0. The fraction of sp³-hybridized carbons (Fsp3) is 0.500. The van der Waals surface area contributed by atoms with E-state index < -0.39 is 5.97 Å². The van der Waals surface area contributed by atoms with Crippen molar-refractivity contribution in [3.63, 3.8) is 0 Å². The fourth-order valence-electron chi connectivity index (χ4n) is 0. The van der Waals surface area contributed by atoms with Crippen LogP contribution in [0.3, 0.4) is 0 Å². The summed E-state index contributed by atoms with van der Waals surface area (Å²) in [6.45, 7) is 1.08. The zero-order chi connectivity index (χ0) is 3.58. The molecule has 0 amide bonds. The van der Waals surface area contributed by atoms with Gasteiger partial charge in [0.15, 0.2) is 0 Å². The van der Waals surface area contributed by atoms with Crippen molar-refractivity contribution in [2.75, 3.05) is 0 Å². The second-order valence-electron chi connectivity index (χ2n) is 0.519. The van der Waals surface area contributed by atoms with Crippen LogP contribution in [-0.2, 0) is 4.79 Å². The van der Waals surface area contributed by atoms with Gasteiger partial charge >= 0.3 is 45.5 Å². The molecule has 0 aromatic carbocycles. The number of carboxylic acids is 1. The molecule has 0 aromatic heterocycles. The molecule has 0 spiro atoms. The topological polar surface area (TPSA) is 37.3 Å². The van der Waals surface area contributed by atoms with Crippen LogP contribution in [0.25, 0.3) is 0 Å². The second-order valence-corrected chi connectivity index (χ2v) is 0.519. The molecule has 0 aromatic rings. The summed E-state index contributed by atoms with van der Waals surface area (Å²) in [6.07, 6.45) is 0. The van der Waals surface area contributed by atoms with Gasteiger partial charge in [0, 0.05) is 6.92 Å². The summed E-state index contributed by atoms with van der Waals surface area (Å²) in [6, 6.07) is 0. The first kappa shape index (κ1) is 23.6. The van der Waals surface area contributed by atoms with E-state index in [4.69, 9.17) is 9.90 Å². The maximum atomic E-state index is 9.00. The van der Waals surface area contributed by atoms with Crippen LogP contribution in [0.1, 0.15) is 6.92 Å². The third-order valence-corrected chi connectivity index (χ3v) is 0. The van der Waals surface area contributed by atoms with Gasteiger partial charge in [-0.05, 0) is 0 Å². The molecule has 0 bridgehead atoms. The molecule has 0 fully saturated rings. The molecule has 7 heavy (non-hydrogen) atoms. The summed E-state index contributed by atoms with van der Waals surface area (Å²) in [5, 5.41) is 7.42. The van der Waals surface area contributed by atoms with Crippen LogP contribution < -0.4 is 24.8 Å². The minimum Gasteiger partial charge on any atom is -1.00 e. The first-order chi connectivity index (χ1) is 1.73. The van der Waals surface area contributed by atoms with Gasteiger partial charge in [0.1, 0.15) is 0 Å². The Bertz CT molecular complexity index is 36.7. The van der Waals surface area contributed by atoms with Crippen LogP contribution in [0.5, 0.6) is 0 Å². The van der Waals surface area contributed by atoms with Gasteiger partial charge in [0.05, 0.1) is 0 Å². The average Bonchev–Trinajstić information content (AvgIpc) is 0.811. The van der Waals surface area contributed by atoms with Gasteiger partial charge in [-0.2, -0.15) is 0 Å². The van der Waals surface area contributed by atoms with Crippen molar-refractivity contribution < 1.29 is 34.7 Å². The van der Waals surface area contributed by atoms with Crippen molar-refractivity contribution >= 4 is 51.5 Å². The molecule has 40 valence electrons. The van der Waals surface area contributed by atoms with Crippen molar-refractivity contribution in [3.05, 3.63) is 0 Å². The Balaban J connectivity index is -0.0000000150. The molecule has 0 heterocycles. The Morgan fingerprint density at radius 2 is 1.43 bits per heavy atom. The third kappa shape index (κ3) is 98.3. The summed E-state index contributed by atoms with van der Waals surface area (Å²) in [4.78, 5) is 9.00. The number of halogens is 2. The van der Waals surface area contributed by atoms with E-state index in [0.29, 0.717) is 0 Å². The minimum atomic E-state index is -0.833. The maximum Gasteiger partial charge on any atom is 2.00 e. The molecule has 5 heteroatoms. The fourth-order valence-corrected chi connectivity index (χ4v) is 0. The van der Waals surface area contributed by atoms with E-state index in [0.717, 1.165) is 6.92 Å². The van der Waals surface area contributed by atoms with Gasteiger partial charge in [-0.1, -0.05) is 0 Å². The third-order valence-electron chi connectivity index (χ3n) is 0. The zero-order valence-corrected chi connectivity index (χ0v) is 8.81. The Labute approximate surface area is 91.8 Å². The summed E-state index contributed by atoms with van der Waals surface area (Å²) < 4.78 is 0. The van der Waals surface area contributed by atoms with Gasteiger partial charge in [-0.3, -0.25) is 4.79 Å². The average molecular weight is 219 g/mol. The minimum absolute atomic E-state index is 0. The van der Waals surface area contributed by atoms with Crippen LogP contribution in [0.4, 0.5) is 0 Å². The molecule has 0 atom stereocenters. The smallest absolute Gasteiger partial charge is 1.00 e. The zero-order valence-electron chi connectivity index (χ0n) is 3.82. The van der Waals surface area contributed by atoms with Crippen LogP contribution >= 0.6 is 0 Å². The quantitative estimate of drug-likeness (QED) is 0.411. The second kappa shape index (κ2) is 15.6. The van der Waals surface area contributed by atoms with Gasteiger partial charge in [0.2, 0.25) is 0 Å². The molecule has 0 saturated carbocycles. The van der Waals surface area contributed by atoms with E-state index in [1.807, 2.05) is 0 Å². The molecule has 0 aliphatic heterocycles. The van der Waals surface area contributed by atoms with Crippen molar-refractivity contribution in [3.8, 4) is 0 Å². The molecular formula is C2H4Cl2O2Sr. The first-order valence-electron chi connectivity index (χ1n) is 0.928. The van der Waals surface area contributed by atoms with Crippen LogP contribution in [0, 0.1) is 0 Å². The SMILES string of the molecule is CC(=O)O.[Cl-].[Cl-].[Sr+2]. The normalized spacial score (nSPS) is 3.57. The maximum absolute atomic E-state index is 9.00. The van der Waals surface area contributed by atoms with Crippen LogP contribution in [0.15, 0.2) is 0 Å². The number of carboxylic acid groups (broad SMARTS) is 1. The van der Waals surface area contributed by atoms with E-state index in [2.05, 4.69) is 0 Å². The van der Waals surface area contributed by atoms with Gasteiger partial charge < -0.3 is 29.9 Å². The predicted octanol–water partition coefficient (Wildman–Crippen LogP) is -6.28. The van der Waals surface area contributed by atoms with Gasteiger partial charge in [-0.15, -0.1) is 0 Å². The van der Waals surface area contributed by atoms with E-state index in [1.165, 1.54) is 0 Å². The number of hydrogen-bond acceptors (Lipinski definition) is 1. The van der Waals surface area contributed by atoms with Crippen molar-refractivity contribution in [2.24, 2.45) is 0 Å². The number of rotatable bonds is 0. The molecule has 0 saturated heterocycles. The Morgan fingerprint density at radius 1 is 1.43 bits per heavy atom. The van der Waals surface area contributed by atoms with E-state index in [9.17, 15) is 0 Å². The Morgan fingerprint density at radius 3 is 1.43 bits per heavy atom. The largest absolute Gasteiger partial charge is 2.00 e. The Kier molecular flexibility index (Phi) is 52.7. The monoisotopic (exact) mass is 218 g/mol. The van der Waals surface area contributed by atoms with E-state index >= 15 is 0 Å². The van der Waals surface area contributed by atoms with Gasteiger partial charge in [0.25, 0.3) is 5.97 Å². The molecule has 0 aliphatic carbocycles. The molecule has 2 nitrogen and oxygen atoms in total. The molecule has 0 unspecified atom stereocenters. The molecule has 0 aliphatic rings. The van der Waals surface area contributed by atoms with Crippen molar-refractivity contribution in [1.82, 2.24) is 0 Å². The molecule has 0 rings (SSSR count). The molecule has 1 N–H and O–H groups in total. The Hall–Kier alpha value is 1.53. The number of carbonyl (C=O) groups is 1. The van der Waals surface area contributed by atoms with Crippen LogP contribution in [0.2, 0.25) is 0 Å². The number of hydrogen-bond donors (Lipinski definition) is 1.